The van der Waals surface area contributed by atoms with E-state index in [9.17, 15) is 0 Å². The molecule has 0 amide bonds. The van der Waals surface area contributed by atoms with Gasteiger partial charge in [-0.05, 0) is 75.7 Å². The van der Waals surface area contributed by atoms with Crippen molar-refractivity contribution in [1.29, 1.82) is 0 Å². The molecule has 7 aromatic rings. The molecule has 3 aromatic heterocycles. The first-order chi connectivity index (χ1) is 24.7. The first kappa shape index (κ1) is 28.0. The maximum atomic E-state index is 8.61. The second kappa shape index (κ2) is 14.3. The van der Waals surface area contributed by atoms with Crippen LogP contribution in [-0.2, 0) is 39.2 Å². The average molecular weight is 817 g/mol. The van der Waals surface area contributed by atoms with Gasteiger partial charge in [-0.15, -0.1) is 48.0 Å². The van der Waals surface area contributed by atoms with Gasteiger partial charge in [-0.3, -0.25) is 0 Å². The molecule has 3 heterocycles. The summed E-state index contributed by atoms with van der Waals surface area (Å²) in [5.41, 5.74) is 4.49. The summed E-state index contributed by atoms with van der Waals surface area (Å²) in [5, 5.41) is 4.42. The van der Waals surface area contributed by atoms with Crippen LogP contribution in [0.25, 0.3) is 55.2 Å². The third-order valence-electron chi connectivity index (χ3n) is 7.46. The number of hydrogen-bond donors (Lipinski definition) is 0. The third-order valence-corrected chi connectivity index (χ3v) is 7.46. The molecule has 249 valence electrons. The smallest absolute Gasteiger partial charge is 0.121 e. The van der Waals surface area contributed by atoms with Gasteiger partial charge in [-0.1, -0.05) is 114 Å². The number of furan rings is 1. The Kier molecular flexibility index (Phi) is 8.37. The molecule has 7 rings (SSSR count). The summed E-state index contributed by atoms with van der Waals surface area (Å²) in [4.78, 5) is 8.94. The van der Waals surface area contributed by atoms with Gasteiger partial charge in [0.15, 0.2) is 0 Å². The van der Waals surface area contributed by atoms with Gasteiger partial charge in [0.05, 0.1) is 5.58 Å². The van der Waals surface area contributed by atoms with E-state index in [4.69, 9.17) is 12.6 Å². The van der Waals surface area contributed by atoms with Crippen LogP contribution in [0.4, 0.5) is 0 Å². The maximum absolute atomic E-state index is 8.61. The van der Waals surface area contributed by atoms with Gasteiger partial charge < -0.3 is 14.4 Å². The molecule has 0 bridgehead atoms. The van der Waals surface area contributed by atoms with Crippen LogP contribution in [0.15, 0.2) is 95.7 Å². The summed E-state index contributed by atoms with van der Waals surface area (Å²) >= 11 is 0. The standard InChI is InChI=1S/C24H20NO.C20H26N.Ir/c1-24(2,3)14-15-11-12-25-19(13-15)18-10-9-17-8-7-16-5-4-6-20-21(16)22(17)23(18)26-20;1-15(2)11-17-12-19(16-9-7-6-8-10-16)21-14-18(17)13-20(3,4)5;/h4-9,11-13H,14H2,1-3H3;6-9,12,14-15H,11,13H2,1-5H3;/q2*-1;/i14D2;11D2,13D2;. The van der Waals surface area contributed by atoms with Gasteiger partial charge in [0, 0.05) is 46.1 Å². The van der Waals surface area contributed by atoms with E-state index in [1.54, 1.807) is 24.4 Å². The molecule has 0 atom stereocenters. The van der Waals surface area contributed by atoms with Crippen LogP contribution < -0.4 is 0 Å². The minimum Gasteiger partial charge on any atom is -0.501 e. The van der Waals surface area contributed by atoms with Crippen LogP contribution in [-0.4, -0.2) is 9.97 Å². The fourth-order valence-corrected chi connectivity index (χ4v) is 5.72. The molecule has 0 fully saturated rings. The summed E-state index contributed by atoms with van der Waals surface area (Å²) in [5.74, 6) is -0.294. The molecule has 0 spiro atoms. The van der Waals surface area contributed by atoms with Crippen LogP contribution in [0.2, 0.25) is 0 Å². The Morgan fingerprint density at radius 3 is 2.25 bits per heavy atom. The number of rotatable bonds is 6. The van der Waals surface area contributed by atoms with Gasteiger partial charge in [0.2, 0.25) is 0 Å². The summed E-state index contributed by atoms with van der Waals surface area (Å²) in [6, 6.07) is 31.3. The molecule has 4 heteroatoms. The van der Waals surface area contributed by atoms with Gasteiger partial charge >= 0.3 is 0 Å². The molecule has 3 nitrogen and oxygen atoms in total. The molecule has 1 radical (unpaired) electrons. The Labute approximate surface area is 308 Å². The molecule has 0 saturated carbocycles. The minimum atomic E-state index is -1.71. The third kappa shape index (κ3) is 8.23. The Balaban J connectivity index is 0.000000206. The fraction of sp³-hybridized carbons (Fsp3) is 0.318. The Morgan fingerprint density at radius 1 is 0.771 bits per heavy atom. The van der Waals surface area contributed by atoms with Gasteiger partial charge in [0.1, 0.15) is 5.58 Å². The second-order valence-electron chi connectivity index (χ2n) is 14.3. The van der Waals surface area contributed by atoms with Crippen molar-refractivity contribution in [1.82, 2.24) is 9.97 Å². The van der Waals surface area contributed by atoms with Crippen LogP contribution in [0.1, 0.15) is 80.3 Å². The molecule has 0 aliphatic heterocycles. The number of aromatic nitrogens is 2. The van der Waals surface area contributed by atoms with Crippen LogP contribution in [0, 0.1) is 28.9 Å². The number of hydrogen-bond acceptors (Lipinski definition) is 3. The quantitative estimate of drug-likeness (QED) is 0.124. The Hall–Kier alpha value is -3.85. The van der Waals surface area contributed by atoms with Crippen molar-refractivity contribution >= 4 is 32.7 Å². The number of pyridine rings is 2. The Bertz CT molecular complexity index is 2390. The molecule has 0 unspecified atom stereocenters. The minimum absolute atomic E-state index is 0. The summed E-state index contributed by atoms with van der Waals surface area (Å²) in [6.45, 7) is 14.8. The second-order valence-corrected chi connectivity index (χ2v) is 14.3. The van der Waals surface area contributed by atoms with E-state index in [1.807, 2.05) is 97.9 Å². The number of nitrogens with zero attached hydrogens (tertiary/aromatic N) is 2. The van der Waals surface area contributed by atoms with Crippen molar-refractivity contribution < 1.29 is 32.7 Å². The maximum Gasteiger partial charge on any atom is 0.121 e. The average Bonchev–Trinajstić information content (AvgIpc) is 3.51. The summed E-state index contributed by atoms with van der Waals surface area (Å²) in [6.07, 6.45) is -1.70. The van der Waals surface area contributed by atoms with E-state index in [0.29, 0.717) is 28.1 Å². The number of benzene rings is 4. The van der Waals surface area contributed by atoms with E-state index in [-0.39, 0.29) is 26.0 Å². The van der Waals surface area contributed by atoms with Crippen molar-refractivity contribution in [3.05, 3.63) is 120 Å². The van der Waals surface area contributed by atoms with Gasteiger partial charge in [-0.2, -0.15) is 0 Å². The van der Waals surface area contributed by atoms with Gasteiger partial charge in [0.25, 0.3) is 0 Å². The first-order valence-electron chi connectivity index (χ1n) is 19.2. The topological polar surface area (TPSA) is 38.9 Å². The van der Waals surface area contributed by atoms with E-state index >= 15 is 0 Å². The molecule has 0 N–H and O–H groups in total. The van der Waals surface area contributed by atoms with Crippen molar-refractivity contribution in [2.24, 2.45) is 16.7 Å². The molecule has 0 aliphatic carbocycles. The van der Waals surface area contributed by atoms with E-state index in [1.165, 1.54) is 6.20 Å². The summed E-state index contributed by atoms with van der Waals surface area (Å²) in [7, 11) is 0. The van der Waals surface area contributed by atoms with Crippen molar-refractivity contribution in [3.63, 3.8) is 0 Å². The largest absolute Gasteiger partial charge is 0.501 e. The normalized spacial score (nSPS) is 14.8. The SMILES string of the molecule is [2H]C([2H])(c1cc(-c2[c-]cccc2)ncc1C([2H])([2H])C(C)(C)C)C(C)C.[2H]C([2H])(c1ccnc(-c2[c-]cc3ccc4cccc5oc2c3c45)c1)C(C)(C)C.[Ir]. The zero-order chi connectivity index (χ0) is 38.7. The zero-order valence-electron chi connectivity index (χ0n) is 34.9. The fourth-order valence-electron chi connectivity index (χ4n) is 5.72. The predicted molar refractivity (Wildman–Crippen MR) is 198 cm³/mol. The molecule has 0 aliphatic rings. The predicted octanol–water partition coefficient (Wildman–Crippen LogP) is 12.0. The van der Waals surface area contributed by atoms with Crippen LogP contribution in [0.5, 0.6) is 0 Å². The summed E-state index contributed by atoms with van der Waals surface area (Å²) < 4.78 is 57.8. The molecular formula is C44H46IrN2O-2. The molecule has 0 saturated heterocycles. The van der Waals surface area contributed by atoms with E-state index < -0.39 is 29.9 Å². The molecule has 48 heavy (non-hydrogen) atoms. The molecular weight excluding hydrogens is 765 g/mol. The van der Waals surface area contributed by atoms with Crippen LogP contribution >= 0.6 is 0 Å². The van der Waals surface area contributed by atoms with Crippen molar-refractivity contribution in [3.8, 4) is 22.5 Å². The Morgan fingerprint density at radius 2 is 1.54 bits per heavy atom. The van der Waals surface area contributed by atoms with Crippen molar-refractivity contribution in [2.45, 2.75) is 74.5 Å². The zero-order valence-corrected chi connectivity index (χ0v) is 31.3. The van der Waals surface area contributed by atoms with Gasteiger partial charge in [-0.25, -0.2) is 0 Å². The monoisotopic (exact) mass is 817 g/mol. The molecule has 4 aromatic carbocycles. The first-order valence-corrected chi connectivity index (χ1v) is 16.2. The van der Waals surface area contributed by atoms with Crippen molar-refractivity contribution in [2.75, 3.05) is 0 Å². The van der Waals surface area contributed by atoms with E-state index in [2.05, 4.69) is 40.3 Å². The van der Waals surface area contributed by atoms with Crippen LogP contribution in [0.3, 0.4) is 0 Å². The van der Waals surface area contributed by atoms with E-state index in [0.717, 1.165) is 43.8 Å².